The predicted molar refractivity (Wildman–Crippen MR) is 98.6 cm³/mol. The molecule has 3 N–H and O–H groups in total. The number of rotatable bonds is 5. The number of anilines is 1. The van der Waals surface area contributed by atoms with Crippen LogP contribution in [0.5, 0.6) is 5.75 Å². The summed E-state index contributed by atoms with van der Waals surface area (Å²) < 4.78 is 5.57. The number of nitrogens with zero attached hydrogens (tertiary/aromatic N) is 1. The van der Waals surface area contributed by atoms with Crippen molar-refractivity contribution in [2.75, 3.05) is 18.5 Å². The van der Waals surface area contributed by atoms with E-state index in [-0.39, 0.29) is 24.0 Å². The summed E-state index contributed by atoms with van der Waals surface area (Å²) >= 11 is 0. The first-order valence-electron chi connectivity index (χ1n) is 6.55. The molecule has 2 aromatic rings. The molecule has 0 spiro atoms. The molecule has 2 aromatic carbocycles. The van der Waals surface area contributed by atoms with Gasteiger partial charge in [-0.05, 0) is 31.2 Å². The molecule has 0 saturated heterocycles. The molecule has 0 heterocycles. The number of aryl methyl sites for hydroxylation is 1. The van der Waals surface area contributed by atoms with Crippen LogP contribution in [0.25, 0.3) is 0 Å². The Morgan fingerprint density at radius 3 is 2.43 bits per heavy atom. The maximum atomic E-state index is 5.79. The van der Waals surface area contributed by atoms with Crippen molar-refractivity contribution in [1.82, 2.24) is 0 Å². The summed E-state index contributed by atoms with van der Waals surface area (Å²) in [6.07, 6.45) is 0. The zero-order valence-corrected chi connectivity index (χ0v) is 14.3. The number of para-hydroxylation sites is 1. The third kappa shape index (κ3) is 6.48. The molecule has 112 valence electrons. The minimum Gasteiger partial charge on any atom is -0.492 e. The van der Waals surface area contributed by atoms with Crippen LogP contribution in [0, 0.1) is 6.92 Å². The molecule has 0 aliphatic rings. The maximum absolute atomic E-state index is 5.79. The van der Waals surface area contributed by atoms with Gasteiger partial charge >= 0.3 is 0 Å². The number of nitrogens with one attached hydrogen (secondary N) is 1. The van der Waals surface area contributed by atoms with Gasteiger partial charge in [-0.25, -0.2) is 4.99 Å². The van der Waals surface area contributed by atoms with Crippen molar-refractivity contribution in [2.45, 2.75) is 6.92 Å². The molecule has 0 aliphatic carbocycles. The molecule has 21 heavy (non-hydrogen) atoms. The lowest BCUT2D eigenvalue weighted by atomic mass is 10.2. The maximum Gasteiger partial charge on any atom is 0.193 e. The van der Waals surface area contributed by atoms with Crippen LogP contribution in [0.1, 0.15) is 5.56 Å². The van der Waals surface area contributed by atoms with Crippen molar-refractivity contribution in [3.05, 3.63) is 60.2 Å². The predicted octanol–water partition coefficient (Wildman–Crippen LogP) is 3.42. The first kappa shape index (κ1) is 17.3. The molecule has 0 aromatic heterocycles. The van der Waals surface area contributed by atoms with Gasteiger partial charge in [-0.3, -0.25) is 0 Å². The van der Waals surface area contributed by atoms with E-state index in [0.29, 0.717) is 19.1 Å². The second-order valence-electron chi connectivity index (χ2n) is 4.42. The Labute approximate surface area is 142 Å². The molecular formula is C16H20IN3O. The molecule has 0 aliphatic heterocycles. The standard InChI is InChI=1S/C16H19N3O.HI/c1-13-7-9-15(10-8-13)20-12-11-18-16(17)19-14-5-3-2-4-6-14;/h2-10H,11-12H2,1H3,(H3,17,18,19);1H. The van der Waals surface area contributed by atoms with Crippen LogP contribution >= 0.6 is 24.0 Å². The van der Waals surface area contributed by atoms with Gasteiger partial charge in [-0.2, -0.15) is 0 Å². The second-order valence-corrected chi connectivity index (χ2v) is 4.42. The van der Waals surface area contributed by atoms with Gasteiger partial charge in [0.15, 0.2) is 5.96 Å². The Kier molecular flexibility index (Phi) is 7.60. The molecule has 4 nitrogen and oxygen atoms in total. The Morgan fingerprint density at radius 2 is 1.76 bits per heavy atom. The summed E-state index contributed by atoms with van der Waals surface area (Å²) in [4.78, 5) is 4.21. The lowest BCUT2D eigenvalue weighted by molar-refractivity contribution is 0.328. The van der Waals surface area contributed by atoms with E-state index in [4.69, 9.17) is 10.5 Å². The van der Waals surface area contributed by atoms with Crippen LogP contribution < -0.4 is 15.8 Å². The number of hydrogen-bond donors (Lipinski definition) is 2. The van der Waals surface area contributed by atoms with E-state index in [1.165, 1.54) is 5.56 Å². The number of nitrogens with two attached hydrogens (primary N) is 1. The summed E-state index contributed by atoms with van der Waals surface area (Å²) in [6.45, 7) is 3.06. The highest BCUT2D eigenvalue weighted by Crippen LogP contribution is 2.11. The summed E-state index contributed by atoms with van der Waals surface area (Å²) in [5.74, 6) is 1.24. The minimum atomic E-state index is 0. The van der Waals surface area contributed by atoms with E-state index in [2.05, 4.69) is 10.3 Å². The van der Waals surface area contributed by atoms with E-state index in [1.807, 2.05) is 61.5 Å². The van der Waals surface area contributed by atoms with Gasteiger partial charge in [-0.15, -0.1) is 24.0 Å². The van der Waals surface area contributed by atoms with E-state index in [1.54, 1.807) is 0 Å². The van der Waals surface area contributed by atoms with Gasteiger partial charge in [0.25, 0.3) is 0 Å². The van der Waals surface area contributed by atoms with Crippen LogP contribution in [-0.2, 0) is 0 Å². The first-order valence-corrected chi connectivity index (χ1v) is 6.55. The Bertz CT molecular complexity index is 555. The van der Waals surface area contributed by atoms with E-state index in [9.17, 15) is 0 Å². The summed E-state index contributed by atoms with van der Waals surface area (Å²) in [6, 6.07) is 17.6. The average molecular weight is 397 g/mol. The average Bonchev–Trinajstić information content (AvgIpc) is 2.46. The highest BCUT2D eigenvalue weighted by molar-refractivity contribution is 14.0. The van der Waals surface area contributed by atoms with Crippen LogP contribution in [0.15, 0.2) is 59.6 Å². The van der Waals surface area contributed by atoms with Crippen molar-refractivity contribution in [3.63, 3.8) is 0 Å². The zero-order valence-electron chi connectivity index (χ0n) is 12.0. The fourth-order valence-electron chi connectivity index (χ4n) is 1.67. The number of ether oxygens (including phenoxy) is 1. The molecule has 0 unspecified atom stereocenters. The highest BCUT2D eigenvalue weighted by atomic mass is 127. The number of guanidine groups is 1. The molecule has 2 rings (SSSR count). The van der Waals surface area contributed by atoms with E-state index in [0.717, 1.165) is 11.4 Å². The van der Waals surface area contributed by atoms with E-state index >= 15 is 0 Å². The summed E-state index contributed by atoms with van der Waals surface area (Å²) in [5, 5.41) is 3.02. The molecule has 0 bridgehead atoms. The fourth-order valence-corrected chi connectivity index (χ4v) is 1.67. The van der Waals surface area contributed by atoms with Gasteiger partial charge < -0.3 is 15.8 Å². The number of benzene rings is 2. The zero-order chi connectivity index (χ0) is 14.2. The minimum absolute atomic E-state index is 0. The van der Waals surface area contributed by atoms with Gasteiger partial charge in [-0.1, -0.05) is 35.9 Å². The normalized spacial score (nSPS) is 10.6. The second kappa shape index (κ2) is 9.23. The van der Waals surface area contributed by atoms with E-state index < -0.39 is 0 Å². The molecule has 5 heteroatoms. The lowest BCUT2D eigenvalue weighted by Crippen LogP contribution is -2.23. The van der Waals surface area contributed by atoms with Gasteiger partial charge in [0, 0.05) is 5.69 Å². The number of halogens is 1. The Hall–Kier alpha value is -1.76. The number of aliphatic imine (C=N–C) groups is 1. The van der Waals surface area contributed by atoms with Crippen LogP contribution in [0.3, 0.4) is 0 Å². The third-order valence-corrected chi connectivity index (χ3v) is 2.71. The largest absolute Gasteiger partial charge is 0.492 e. The monoisotopic (exact) mass is 397 g/mol. The lowest BCUT2D eigenvalue weighted by Gasteiger charge is -2.06. The van der Waals surface area contributed by atoms with Crippen LogP contribution in [0.2, 0.25) is 0 Å². The number of hydrogen-bond acceptors (Lipinski definition) is 2. The van der Waals surface area contributed by atoms with Crippen LogP contribution in [-0.4, -0.2) is 19.1 Å². The van der Waals surface area contributed by atoms with Crippen molar-refractivity contribution >= 4 is 35.6 Å². The topological polar surface area (TPSA) is 59.6 Å². The van der Waals surface area contributed by atoms with Crippen molar-refractivity contribution in [1.29, 1.82) is 0 Å². The SMILES string of the molecule is Cc1ccc(OCCN=C(N)Nc2ccccc2)cc1.I. The van der Waals surface area contributed by atoms with Gasteiger partial charge in [0.1, 0.15) is 12.4 Å². The van der Waals surface area contributed by atoms with Crippen molar-refractivity contribution in [2.24, 2.45) is 10.7 Å². The quantitative estimate of drug-likeness (QED) is 0.352. The Balaban J connectivity index is 0.00000220. The Morgan fingerprint density at radius 1 is 1.10 bits per heavy atom. The molecule has 0 atom stereocenters. The summed E-state index contributed by atoms with van der Waals surface area (Å²) in [5.41, 5.74) is 7.93. The molecule has 0 fully saturated rings. The molecule has 0 amide bonds. The molecule has 0 saturated carbocycles. The smallest absolute Gasteiger partial charge is 0.193 e. The highest BCUT2D eigenvalue weighted by Gasteiger charge is 1.95. The first-order chi connectivity index (χ1) is 9.74. The van der Waals surface area contributed by atoms with Gasteiger partial charge in [0.05, 0.1) is 6.54 Å². The molecule has 0 radical (unpaired) electrons. The summed E-state index contributed by atoms with van der Waals surface area (Å²) in [7, 11) is 0. The van der Waals surface area contributed by atoms with Crippen LogP contribution in [0.4, 0.5) is 5.69 Å². The van der Waals surface area contributed by atoms with Crippen molar-refractivity contribution < 1.29 is 4.74 Å². The third-order valence-electron chi connectivity index (χ3n) is 2.71. The molecular weight excluding hydrogens is 377 g/mol. The van der Waals surface area contributed by atoms with Crippen molar-refractivity contribution in [3.8, 4) is 5.75 Å². The fraction of sp³-hybridized carbons (Fsp3) is 0.188. The van der Waals surface area contributed by atoms with Gasteiger partial charge in [0.2, 0.25) is 0 Å².